The minimum Gasteiger partial charge on any atom is -0.329 e. The van der Waals surface area contributed by atoms with E-state index in [-0.39, 0.29) is 0 Å². The number of aromatic amines is 1. The molecule has 2 aromatic heterocycles. The number of imidazole rings is 1. The number of rotatable bonds is 1. The number of nitrogens with one attached hydrogen (secondary N) is 1. The molecule has 5 heteroatoms. The second-order valence-corrected chi connectivity index (χ2v) is 3.25. The third kappa shape index (κ3) is 1.26. The molecule has 0 unspecified atom stereocenters. The van der Waals surface area contributed by atoms with Gasteiger partial charge in [0.2, 0.25) is 0 Å². The number of H-pyrrole nitrogens is 1. The predicted octanol–water partition coefficient (Wildman–Crippen LogP) is 1.09. The van der Waals surface area contributed by atoms with Crippen LogP contribution in [0, 0.1) is 4.77 Å². The maximum atomic E-state index is 5.49. The largest absolute Gasteiger partial charge is 0.329 e. The molecule has 0 spiro atoms. The summed E-state index contributed by atoms with van der Waals surface area (Å²) in [4.78, 5) is 7.41. The molecule has 0 saturated carbocycles. The summed E-state index contributed by atoms with van der Waals surface area (Å²) in [6, 6.07) is 3.84. The Hall–Kier alpha value is -1.20. The fourth-order valence-electron chi connectivity index (χ4n) is 1.25. The molecule has 2 rings (SSSR count). The van der Waals surface area contributed by atoms with Crippen LogP contribution in [-0.2, 0) is 13.6 Å². The first-order chi connectivity index (χ1) is 6.22. The van der Waals surface area contributed by atoms with Gasteiger partial charge in [0.1, 0.15) is 0 Å². The predicted molar refractivity (Wildman–Crippen MR) is 53.8 cm³/mol. The standard InChI is InChI=1S/C8H10N4S/c1-12-7-6(11-8(12)13)3-2-5(4-9)10-7/h2-3H,4,9H2,1H3,(H,11,13). The molecule has 2 heterocycles. The van der Waals surface area contributed by atoms with Crippen molar-refractivity contribution < 1.29 is 0 Å². The maximum Gasteiger partial charge on any atom is 0.179 e. The van der Waals surface area contributed by atoms with Crippen molar-refractivity contribution in [3.8, 4) is 0 Å². The van der Waals surface area contributed by atoms with Crippen LogP contribution in [0.3, 0.4) is 0 Å². The molecule has 13 heavy (non-hydrogen) atoms. The van der Waals surface area contributed by atoms with Gasteiger partial charge in [-0.25, -0.2) is 4.98 Å². The highest BCUT2D eigenvalue weighted by atomic mass is 32.1. The van der Waals surface area contributed by atoms with E-state index in [4.69, 9.17) is 18.0 Å². The molecule has 0 aliphatic carbocycles. The summed E-state index contributed by atoms with van der Waals surface area (Å²) in [5, 5.41) is 0. The van der Waals surface area contributed by atoms with Crippen molar-refractivity contribution in [2.45, 2.75) is 6.54 Å². The first kappa shape index (κ1) is 8.40. The van der Waals surface area contributed by atoms with Gasteiger partial charge in [-0.1, -0.05) is 0 Å². The van der Waals surface area contributed by atoms with Crippen LogP contribution in [0.4, 0.5) is 0 Å². The van der Waals surface area contributed by atoms with Crippen LogP contribution in [0.25, 0.3) is 11.2 Å². The van der Waals surface area contributed by atoms with Gasteiger partial charge in [-0.15, -0.1) is 0 Å². The Morgan fingerprint density at radius 1 is 1.62 bits per heavy atom. The van der Waals surface area contributed by atoms with E-state index in [1.807, 2.05) is 23.7 Å². The van der Waals surface area contributed by atoms with Gasteiger partial charge in [0.25, 0.3) is 0 Å². The zero-order chi connectivity index (χ0) is 9.42. The van der Waals surface area contributed by atoms with Crippen molar-refractivity contribution in [1.82, 2.24) is 14.5 Å². The summed E-state index contributed by atoms with van der Waals surface area (Å²) in [7, 11) is 1.88. The number of hydrogen-bond acceptors (Lipinski definition) is 3. The Morgan fingerprint density at radius 2 is 2.38 bits per heavy atom. The molecule has 0 radical (unpaired) electrons. The number of pyridine rings is 1. The van der Waals surface area contributed by atoms with Gasteiger partial charge < -0.3 is 15.3 Å². The Bertz CT molecular complexity index is 496. The summed E-state index contributed by atoms with van der Waals surface area (Å²) in [5.74, 6) is 0. The number of fused-ring (bicyclic) bond motifs is 1. The van der Waals surface area contributed by atoms with Crippen molar-refractivity contribution in [3.05, 3.63) is 22.6 Å². The molecule has 3 N–H and O–H groups in total. The molecular formula is C8H10N4S. The zero-order valence-corrected chi connectivity index (χ0v) is 8.06. The first-order valence-electron chi connectivity index (χ1n) is 3.97. The number of aromatic nitrogens is 3. The highest BCUT2D eigenvalue weighted by Crippen LogP contribution is 2.10. The van der Waals surface area contributed by atoms with E-state index < -0.39 is 0 Å². The van der Waals surface area contributed by atoms with Crippen LogP contribution in [0.1, 0.15) is 5.69 Å². The van der Waals surface area contributed by atoms with Gasteiger partial charge in [-0.3, -0.25) is 0 Å². The molecule has 68 valence electrons. The quantitative estimate of drug-likeness (QED) is 0.668. The summed E-state index contributed by atoms with van der Waals surface area (Å²) >= 11 is 5.07. The maximum absolute atomic E-state index is 5.49. The summed E-state index contributed by atoms with van der Waals surface area (Å²) in [6.45, 7) is 0.452. The Kier molecular flexibility index (Phi) is 1.90. The second kappa shape index (κ2) is 2.93. The van der Waals surface area contributed by atoms with E-state index >= 15 is 0 Å². The average molecular weight is 194 g/mol. The van der Waals surface area contributed by atoms with Gasteiger partial charge in [0.15, 0.2) is 10.4 Å². The summed E-state index contributed by atoms with van der Waals surface area (Å²) in [6.07, 6.45) is 0. The van der Waals surface area contributed by atoms with E-state index in [1.165, 1.54) is 0 Å². The first-order valence-corrected chi connectivity index (χ1v) is 4.38. The third-order valence-corrected chi connectivity index (χ3v) is 2.38. The minimum atomic E-state index is 0.452. The lowest BCUT2D eigenvalue weighted by molar-refractivity contribution is 0.898. The lowest BCUT2D eigenvalue weighted by atomic mass is 10.3. The molecule has 0 fully saturated rings. The van der Waals surface area contributed by atoms with Crippen LogP contribution in [0.2, 0.25) is 0 Å². The monoisotopic (exact) mass is 194 g/mol. The van der Waals surface area contributed by atoms with Crippen LogP contribution in [-0.4, -0.2) is 14.5 Å². The van der Waals surface area contributed by atoms with E-state index in [2.05, 4.69) is 9.97 Å². The fourth-order valence-corrected chi connectivity index (χ4v) is 1.45. The van der Waals surface area contributed by atoms with Gasteiger partial charge in [-0.2, -0.15) is 0 Å². The molecule has 0 aliphatic heterocycles. The number of nitrogens with two attached hydrogens (primary N) is 1. The SMILES string of the molecule is Cn1c(=S)[nH]c2ccc(CN)nc21. The van der Waals surface area contributed by atoms with Crippen molar-refractivity contribution in [3.63, 3.8) is 0 Å². The lowest BCUT2D eigenvalue weighted by Crippen LogP contribution is -2.00. The van der Waals surface area contributed by atoms with Crippen molar-refractivity contribution in [1.29, 1.82) is 0 Å². The van der Waals surface area contributed by atoms with Gasteiger partial charge in [-0.05, 0) is 24.4 Å². The topological polar surface area (TPSA) is 59.6 Å². The molecule has 0 saturated heterocycles. The Balaban J connectivity index is 2.82. The number of aryl methyl sites for hydroxylation is 1. The van der Waals surface area contributed by atoms with Crippen LogP contribution in [0.15, 0.2) is 12.1 Å². The normalized spacial score (nSPS) is 10.9. The van der Waals surface area contributed by atoms with E-state index in [0.717, 1.165) is 16.9 Å². The molecule has 0 aromatic carbocycles. The highest BCUT2D eigenvalue weighted by Gasteiger charge is 2.02. The van der Waals surface area contributed by atoms with Crippen molar-refractivity contribution in [2.75, 3.05) is 0 Å². The fraction of sp³-hybridized carbons (Fsp3) is 0.250. The molecule has 0 aliphatic rings. The summed E-state index contributed by atoms with van der Waals surface area (Å²) in [5.41, 5.74) is 8.17. The van der Waals surface area contributed by atoms with Crippen LogP contribution in [0.5, 0.6) is 0 Å². The van der Waals surface area contributed by atoms with Crippen LogP contribution >= 0.6 is 12.2 Å². The average Bonchev–Trinajstić information content (AvgIpc) is 2.43. The third-order valence-electron chi connectivity index (χ3n) is 2.01. The van der Waals surface area contributed by atoms with E-state index in [9.17, 15) is 0 Å². The minimum absolute atomic E-state index is 0.452. The van der Waals surface area contributed by atoms with Crippen molar-refractivity contribution >= 4 is 23.4 Å². The summed E-state index contributed by atoms with van der Waals surface area (Å²) < 4.78 is 2.51. The van der Waals surface area contributed by atoms with Gasteiger partial charge in [0, 0.05) is 13.6 Å². The molecule has 0 atom stereocenters. The lowest BCUT2D eigenvalue weighted by Gasteiger charge is -1.96. The zero-order valence-electron chi connectivity index (χ0n) is 7.24. The van der Waals surface area contributed by atoms with Crippen molar-refractivity contribution in [2.24, 2.45) is 12.8 Å². The molecule has 4 nitrogen and oxygen atoms in total. The molecule has 2 aromatic rings. The molecule has 0 bridgehead atoms. The number of nitrogens with zero attached hydrogens (tertiary/aromatic N) is 2. The van der Waals surface area contributed by atoms with Gasteiger partial charge >= 0.3 is 0 Å². The van der Waals surface area contributed by atoms with E-state index in [0.29, 0.717) is 11.3 Å². The Morgan fingerprint density at radius 3 is 3.08 bits per heavy atom. The number of hydrogen-bond donors (Lipinski definition) is 2. The smallest absolute Gasteiger partial charge is 0.179 e. The molecule has 0 amide bonds. The second-order valence-electron chi connectivity index (χ2n) is 2.87. The Labute approximate surface area is 80.4 Å². The van der Waals surface area contributed by atoms with Crippen LogP contribution < -0.4 is 5.73 Å². The van der Waals surface area contributed by atoms with Gasteiger partial charge in [0.05, 0.1) is 11.2 Å². The van der Waals surface area contributed by atoms with E-state index in [1.54, 1.807) is 0 Å². The highest BCUT2D eigenvalue weighted by molar-refractivity contribution is 7.71. The molecular weight excluding hydrogens is 184 g/mol.